The number of hydrogen-bond acceptors (Lipinski definition) is 1. The summed E-state index contributed by atoms with van der Waals surface area (Å²) in [5.41, 5.74) is 16.1. The van der Waals surface area contributed by atoms with Crippen molar-refractivity contribution in [2.45, 2.75) is 32.7 Å². The van der Waals surface area contributed by atoms with Gasteiger partial charge in [-0.25, -0.2) is 4.99 Å². The zero-order valence-corrected chi connectivity index (χ0v) is 8.12. The van der Waals surface area contributed by atoms with Crippen LogP contribution in [0.1, 0.15) is 26.7 Å². The molecule has 1 unspecified atom stereocenters. The quantitative estimate of drug-likeness (QED) is 0.386. The lowest BCUT2D eigenvalue weighted by Gasteiger charge is -2.41. The first-order valence-electron chi connectivity index (χ1n) is 4.35. The monoisotopic (exact) mass is 183 g/mol. The number of rotatable bonds is 1. The van der Waals surface area contributed by atoms with E-state index < -0.39 is 0 Å². The molecule has 1 rings (SSSR count). The number of hydrogen-bond donors (Lipinski definition) is 3. The van der Waals surface area contributed by atoms with E-state index >= 15 is 0 Å². The summed E-state index contributed by atoms with van der Waals surface area (Å²) in [6.07, 6.45) is 2.24. The lowest BCUT2D eigenvalue weighted by molar-refractivity contribution is 0.145. The third kappa shape index (κ3) is 2.34. The van der Waals surface area contributed by atoms with E-state index in [9.17, 15) is 0 Å². The fraction of sp³-hybridized carbons (Fsp3) is 0.750. The maximum Gasteiger partial charge on any atom is 0.218 e. The van der Waals surface area contributed by atoms with Crippen LogP contribution in [-0.4, -0.2) is 18.0 Å². The average molecular weight is 183 g/mol. The molecule has 1 aliphatic carbocycles. The van der Waals surface area contributed by atoms with E-state index in [1.54, 1.807) is 0 Å². The summed E-state index contributed by atoms with van der Waals surface area (Å²) in [4.78, 5) is 7.89. The lowest BCUT2D eigenvalue weighted by Crippen LogP contribution is -2.40. The molecule has 0 saturated heterocycles. The van der Waals surface area contributed by atoms with Gasteiger partial charge >= 0.3 is 0 Å². The molecule has 6 N–H and O–H groups in total. The third-order valence-corrected chi connectivity index (χ3v) is 2.50. The molecule has 1 aliphatic rings. The minimum absolute atomic E-state index is 0.0432. The van der Waals surface area contributed by atoms with Crippen molar-refractivity contribution in [1.29, 1.82) is 0 Å². The van der Waals surface area contributed by atoms with E-state index in [4.69, 9.17) is 17.2 Å². The fourth-order valence-corrected chi connectivity index (χ4v) is 1.41. The number of aliphatic imine (C=N–C) groups is 2. The topological polar surface area (TPSA) is 103 Å². The van der Waals surface area contributed by atoms with Crippen LogP contribution in [-0.2, 0) is 0 Å². The van der Waals surface area contributed by atoms with Crippen LogP contribution in [0.3, 0.4) is 0 Å². The van der Waals surface area contributed by atoms with Gasteiger partial charge < -0.3 is 17.2 Å². The largest absolute Gasteiger partial charge is 0.370 e. The molecule has 5 nitrogen and oxygen atoms in total. The first-order valence-corrected chi connectivity index (χ1v) is 4.35. The Morgan fingerprint density at radius 2 is 1.92 bits per heavy atom. The van der Waals surface area contributed by atoms with Crippen LogP contribution in [0, 0.1) is 5.41 Å². The minimum atomic E-state index is -0.0432. The second-order valence-electron chi connectivity index (χ2n) is 4.07. The van der Waals surface area contributed by atoms with Crippen molar-refractivity contribution in [3.05, 3.63) is 0 Å². The summed E-state index contributed by atoms with van der Waals surface area (Å²) < 4.78 is 0. The molecule has 13 heavy (non-hydrogen) atoms. The molecule has 0 aromatic heterocycles. The van der Waals surface area contributed by atoms with Crippen LogP contribution >= 0.6 is 0 Å². The highest BCUT2D eigenvalue weighted by atomic mass is 15.1. The third-order valence-electron chi connectivity index (χ3n) is 2.50. The second-order valence-corrected chi connectivity index (χ2v) is 4.07. The molecular weight excluding hydrogens is 166 g/mol. The van der Waals surface area contributed by atoms with Crippen LogP contribution in [0.15, 0.2) is 9.98 Å². The summed E-state index contributed by atoms with van der Waals surface area (Å²) in [5.74, 6) is 0.135. The van der Waals surface area contributed by atoms with Crippen molar-refractivity contribution >= 4 is 11.9 Å². The van der Waals surface area contributed by atoms with Gasteiger partial charge in [0.25, 0.3) is 0 Å². The minimum Gasteiger partial charge on any atom is -0.370 e. The molecule has 0 heterocycles. The molecule has 0 aliphatic heterocycles. The Morgan fingerprint density at radius 3 is 2.23 bits per heavy atom. The molecule has 0 aromatic carbocycles. The van der Waals surface area contributed by atoms with Gasteiger partial charge in [-0.1, -0.05) is 13.8 Å². The smallest absolute Gasteiger partial charge is 0.218 e. The van der Waals surface area contributed by atoms with Gasteiger partial charge in [-0.3, -0.25) is 0 Å². The molecule has 1 saturated carbocycles. The fourth-order valence-electron chi connectivity index (χ4n) is 1.41. The van der Waals surface area contributed by atoms with Crippen molar-refractivity contribution in [1.82, 2.24) is 0 Å². The van der Waals surface area contributed by atoms with Crippen LogP contribution in [0.25, 0.3) is 0 Å². The molecule has 0 spiro atoms. The van der Waals surface area contributed by atoms with Crippen LogP contribution in [0.4, 0.5) is 0 Å². The van der Waals surface area contributed by atoms with Crippen LogP contribution < -0.4 is 17.2 Å². The maximum atomic E-state index is 5.51. The highest BCUT2D eigenvalue weighted by molar-refractivity contribution is 5.92. The lowest BCUT2D eigenvalue weighted by atomic mass is 9.68. The zero-order chi connectivity index (χ0) is 10.1. The van der Waals surface area contributed by atoms with Crippen molar-refractivity contribution in [2.75, 3.05) is 0 Å². The van der Waals surface area contributed by atoms with Gasteiger partial charge in [0.2, 0.25) is 5.96 Å². The predicted octanol–water partition coefficient (Wildman–Crippen LogP) is -0.237. The van der Waals surface area contributed by atoms with E-state index in [0.717, 1.165) is 6.42 Å². The van der Waals surface area contributed by atoms with Gasteiger partial charge in [0.1, 0.15) is 0 Å². The Balaban J connectivity index is 2.61. The van der Waals surface area contributed by atoms with E-state index in [0.29, 0.717) is 0 Å². The molecule has 0 aromatic rings. The SMILES string of the molecule is CC1(C)CCC1N=C(N)N=C(N)N. The second kappa shape index (κ2) is 3.24. The Hall–Kier alpha value is -1.26. The van der Waals surface area contributed by atoms with Crippen LogP contribution in [0.5, 0.6) is 0 Å². The standard InChI is InChI=1S/C8H17N5/c1-8(2)4-3-5(8)12-7(11)13-6(9)10/h5H,3-4H2,1-2H3,(H6,9,10,11,12,13). The Labute approximate surface area is 78.1 Å². The van der Waals surface area contributed by atoms with E-state index in [-0.39, 0.29) is 23.4 Å². The predicted molar refractivity (Wildman–Crippen MR) is 54.2 cm³/mol. The summed E-state index contributed by atoms with van der Waals surface area (Å²) in [7, 11) is 0. The zero-order valence-electron chi connectivity index (χ0n) is 8.12. The first-order chi connectivity index (χ1) is 5.92. The molecule has 5 heteroatoms. The van der Waals surface area contributed by atoms with Crippen LogP contribution in [0.2, 0.25) is 0 Å². The van der Waals surface area contributed by atoms with E-state index in [1.165, 1.54) is 6.42 Å². The van der Waals surface area contributed by atoms with Gasteiger partial charge in [-0.15, -0.1) is 0 Å². The molecule has 1 fully saturated rings. The summed E-state index contributed by atoms with van der Waals surface area (Å²) in [6.45, 7) is 4.32. The number of nitrogens with two attached hydrogens (primary N) is 3. The highest BCUT2D eigenvalue weighted by Crippen LogP contribution is 2.42. The number of guanidine groups is 2. The van der Waals surface area contributed by atoms with Crippen molar-refractivity contribution < 1.29 is 0 Å². The van der Waals surface area contributed by atoms with Gasteiger partial charge in [0.15, 0.2) is 5.96 Å². The normalized spacial score (nSPS) is 26.3. The molecule has 0 radical (unpaired) electrons. The van der Waals surface area contributed by atoms with Gasteiger partial charge in [-0.05, 0) is 18.3 Å². The number of nitrogens with zero attached hydrogens (tertiary/aromatic N) is 2. The molecule has 0 amide bonds. The van der Waals surface area contributed by atoms with Crippen molar-refractivity contribution in [2.24, 2.45) is 32.6 Å². The molecular formula is C8H17N5. The highest BCUT2D eigenvalue weighted by Gasteiger charge is 2.38. The van der Waals surface area contributed by atoms with E-state index in [1.807, 2.05) is 0 Å². The van der Waals surface area contributed by atoms with Gasteiger partial charge in [0, 0.05) is 0 Å². The first kappa shape index (κ1) is 9.83. The summed E-state index contributed by atoms with van der Waals surface area (Å²) in [6, 6.07) is 0.260. The van der Waals surface area contributed by atoms with Gasteiger partial charge in [0.05, 0.1) is 6.04 Å². The molecule has 1 atom stereocenters. The summed E-state index contributed by atoms with van der Waals surface area (Å²) in [5, 5.41) is 0. The van der Waals surface area contributed by atoms with Crippen molar-refractivity contribution in [3.8, 4) is 0 Å². The van der Waals surface area contributed by atoms with Crippen molar-refractivity contribution in [3.63, 3.8) is 0 Å². The van der Waals surface area contributed by atoms with E-state index in [2.05, 4.69) is 23.8 Å². The molecule has 0 bridgehead atoms. The Bertz CT molecular complexity index is 249. The Kier molecular flexibility index (Phi) is 2.45. The average Bonchev–Trinajstić information content (AvgIpc) is 1.97. The summed E-state index contributed by atoms with van der Waals surface area (Å²) >= 11 is 0. The Morgan fingerprint density at radius 1 is 1.31 bits per heavy atom. The van der Waals surface area contributed by atoms with Gasteiger partial charge in [-0.2, -0.15) is 4.99 Å². The maximum absolute atomic E-state index is 5.51. The molecule has 74 valence electrons.